The molecule has 0 aromatic carbocycles. The van der Waals surface area contributed by atoms with Crippen LogP contribution >= 0.6 is 11.3 Å². The lowest BCUT2D eigenvalue weighted by atomic mass is 10.2. The van der Waals surface area contributed by atoms with Gasteiger partial charge in [-0.2, -0.15) is 5.26 Å². The van der Waals surface area contributed by atoms with Gasteiger partial charge in [0.25, 0.3) is 5.56 Å². The zero-order valence-electron chi connectivity index (χ0n) is 12.3. The molecule has 6 nitrogen and oxygen atoms in total. The lowest BCUT2D eigenvalue weighted by Crippen LogP contribution is -2.34. The maximum atomic E-state index is 12.6. The van der Waals surface area contributed by atoms with Gasteiger partial charge in [0.1, 0.15) is 11.4 Å². The molecule has 0 spiro atoms. The summed E-state index contributed by atoms with van der Waals surface area (Å²) in [5.74, 6) is -0.189. The number of aromatic nitrogens is 2. The van der Waals surface area contributed by atoms with Crippen molar-refractivity contribution < 1.29 is 4.79 Å². The van der Waals surface area contributed by atoms with Crippen LogP contribution in [0.3, 0.4) is 0 Å². The molecule has 0 bridgehead atoms. The number of thiophene rings is 1. The average Bonchev–Trinajstić information content (AvgIpc) is 3.07. The normalized spacial score (nSPS) is 13.1. The van der Waals surface area contributed by atoms with Gasteiger partial charge in [-0.3, -0.25) is 14.2 Å². The van der Waals surface area contributed by atoms with Crippen molar-refractivity contribution in [1.82, 2.24) is 14.5 Å². The number of hydrogen-bond acceptors (Lipinski definition) is 5. The van der Waals surface area contributed by atoms with E-state index in [1.807, 2.05) is 6.07 Å². The van der Waals surface area contributed by atoms with Crippen LogP contribution in [0.2, 0.25) is 0 Å². The van der Waals surface area contributed by atoms with Gasteiger partial charge in [-0.15, -0.1) is 11.3 Å². The van der Waals surface area contributed by atoms with Gasteiger partial charge in [0.15, 0.2) is 0 Å². The highest BCUT2D eigenvalue weighted by molar-refractivity contribution is 7.18. The molecule has 22 heavy (non-hydrogen) atoms. The van der Waals surface area contributed by atoms with Gasteiger partial charge in [-0.1, -0.05) is 0 Å². The average molecular weight is 316 g/mol. The Morgan fingerprint density at radius 2 is 2.36 bits per heavy atom. The monoisotopic (exact) mass is 316 g/mol. The summed E-state index contributed by atoms with van der Waals surface area (Å²) in [4.78, 5) is 32.6. The van der Waals surface area contributed by atoms with E-state index in [-0.39, 0.29) is 24.4 Å². The van der Waals surface area contributed by atoms with Gasteiger partial charge in [0.2, 0.25) is 5.91 Å². The molecule has 0 atom stereocenters. The number of aryl methyl sites for hydroxylation is 2. The second kappa shape index (κ2) is 5.89. The molecule has 3 rings (SSSR count). The van der Waals surface area contributed by atoms with Crippen molar-refractivity contribution in [2.75, 3.05) is 13.6 Å². The predicted molar refractivity (Wildman–Crippen MR) is 83.8 cm³/mol. The first-order valence-corrected chi connectivity index (χ1v) is 8.04. The van der Waals surface area contributed by atoms with E-state index in [0.29, 0.717) is 11.9 Å². The number of amides is 1. The second-order valence-corrected chi connectivity index (χ2v) is 6.52. The van der Waals surface area contributed by atoms with Crippen LogP contribution in [0.25, 0.3) is 10.2 Å². The minimum atomic E-state index is -0.189. The fourth-order valence-corrected chi connectivity index (χ4v) is 3.96. The van der Waals surface area contributed by atoms with Gasteiger partial charge in [0, 0.05) is 18.5 Å². The van der Waals surface area contributed by atoms with E-state index in [9.17, 15) is 9.59 Å². The van der Waals surface area contributed by atoms with E-state index in [4.69, 9.17) is 5.26 Å². The Kier molecular flexibility index (Phi) is 3.94. The molecule has 0 unspecified atom stereocenters. The topological polar surface area (TPSA) is 79.0 Å². The highest BCUT2D eigenvalue weighted by atomic mass is 32.1. The van der Waals surface area contributed by atoms with Gasteiger partial charge in [-0.05, 0) is 24.8 Å². The number of nitriles is 1. The van der Waals surface area contributed by atoms with Crippen molar-refractivity contribution in [3.05, 3.63) is 27.1 Å². The predicted octanol–water partition coefficient (Wildman–Crippen LogP) is 1.32. The van der Waals surface area contributed by atoms with Crippen molar-refractivity contribution in [1.29, 1.82) is 5.26 Å². The van der Waals surface area contributed by atoms with Crippen molar-refractivity contribution >= 4 is 27.5 Å². The minimum Gasteiger partial charge on any atom is -0.343 e. The first-order chi connectivity index (χ1) is 10.6. The summed E-state index contributed by atoms with van der Waals surface area (Å²) in [6.45, 7) is 0.335. The summed E-state index contributed by atoms with van der Waals surface area (Å²) in [5, 5.41) is 9.25. The van der Waals surface area contributed by atoms with Gasteiger partial charge in [0.05, 0.1) is 24.2 Å². The molecule has 1 amide bonds. The Balaban J connectivity index is 1.89. The fourth-order valence-electron chi connectivity index (χ4n) is 2.74. The molecule has 2 heterocycles. The summed E-state index contributed by atoms with van der Waals surface area (Å²) >= 11 is 1.59. The molecule has 2 aromatic heterocycles. The molecule has 0 aliphatic heterocycles. The molecule has 1 aliphatic carbocycles. The van der Waals surface area contributed by atoms with Crippen LogP contribution in [0, 0.1) is 11.3 Å². The lowest BCUT2D eigenvalue weighted by molar-refractivity contribution is -0.130. The van der Waals surface area contributed by atoms with E-state index >= 15 is 0 Å². The number of carbonyl (C=O) groups excluding carboxylic acids is 1. The maximum absolute atomic E-state index is 12.6. The molecular formula is C15H16N4O2S. The van der Waals surface area contributed by atoms with Gasteiger partial charge < -0.3 is 4.90 Å². The molecule has 0 N–H and O–H groups in total. The van der Waals surface area contributed by atoms with Crippen LogP contribution in [0.5, 0.6) is 0 Å². The number of nitrogens with zero attached hydrogens (tertiary/aromatic N) is 4. The third-order valence-electron chi connectivity index (χ3n) is 3.98. The number of likely N-dealkylation sites (N-methyl/N-ethyl adjacent to an activating group) is 1. The number of fused-ring (bicyclic) bond motifs is 3. The quantitative estimate of drug-likeness (QED) is 0.852. The Morgan fingerprint density at radius 1 is 1.55 bits per heavy atom. The van der Waals surface area contributed by atoms with Crippen molar-refractivity contribution in [3.8, 4) is 6.07 Å². The maximum Gasteiger partial charge on any atom is 0.262 e. The molecule has 0 saturated carbocycles. The summed E-state index contributed by atoms with van der Waals surface area (Å²) in [6, 6.07) is 2.00. The smallest absolute Gasteiger partial charge is 0.262 e. The molecule has 0 saturated heterocycles. The minimum absolute atomic E-state index is 0.0334. The molecule has 7 heteroatoms. The van der Waals surface area contributed by atoms with E-state index < -0.39 is 0 Å². The molecular weight excluding hydrogens is 300 g/mol. The molecule has 2 aromatic rings. The number of rotatable bonds is 4. The van der Waals surface area contributed by atoms with E-state index in [1.54, 1.807) is 18.4 Å². The Morgan fingerprint density at radius 3 is 3.14 bits per heavy atom. The van der Waals surface area contributed by atoms with Crippen LogP contribution in [0.15, 0.2) is 11.1 Å². The molecule has 114 valence electrons. The third-order valence-corrected chi connectivity index (χ3v) is 5.18. The first kappa shape index (κ1) is 14.7. The largest absolute Gasteiger partial charge is 0.343 e. The zero-order valence-corrected chi connectivity index (χ0v) is 13.2. The van der Waals surface area contributed by atoms with Crippen LogP contribution < -0.4 is 5.56 Å². The Bertz CT molecular complexity index is 830. The van der Waals surface area contributed by atoms with Gasteiger partial charge >= 0.3 is 0 Å². The van der Waals surface area contributed by atoms with Crippen LogP contribution in [0.4, 0.5) is 0 Å². The standard InChI is InChI=1S/C15H16N4O2S/c1-18(7-3-6-16)12(20)8-19-9-17-14-13(15(19)21)10-4-2-5-11(10)22-14/h9H,2-5,7-8H2,1H3. The number of hydrogen-bond donors (Lipinski definition) is 0. The highest BCUT2D eigenvalue weighted by Crippen LogP contribution is 2.34. The van der Waals surface area contributed by atoms with Crippen LogP contribution in [-0.4, -0.2) is 34.0 Å². The highest BCUT2D eigenvalue weighted by Gasteiger charge is 2.22. The zero-order chi connectivity index (χ0) is 15.7. The molecule has 1 aliphatic rings. The third kappa shape index (κ3) is 2.50. The molecule has 0 fully saturated rings. The van der Waals surface area contributed by atoms with Crippen molar-refractivity contribution in [2.24, 2.45) is 0 Å². The summed E-state index contributed by atoms with van der Waals surface area (Å²) < 4.78 is 1.37. The van der Waals surface area contributed by atoms with Crippen molar-refractivity contribution in [2.45, 2.75) is 32.2 Å². The first-order valence-electron chi connectivity index (χ1n) is 7.22. The van der Waals surface area contributed by atoms with Gasteiger partial charge in [-0.25, -0.2) is 4.98 Å². The lowest BCUT2D eigenvalue weighted by Gasteiger charge is -2.16. The Hall–Kier alpha value is -2.20. The fraction of sp³-hybridized carbons (Fsp3) is 0.467. The van der Waals surface area contributed by atoms with Crippen LogP contribution in [-0.2, 0) is 24.2 Å². The van der Waals surface area contributed by atoms with Crippen molar-refractivity contribution in [3.63, 3.8) is 0 Å². The van der Waals surface area contributed by atoms with E-state index in [0.717, 1.165) is 29.7 Å². The number of carbonyl (C=O) groups is 1. The van der Waals surface area contributed by atoms with E-state index in [2.05, 4.69) is 4.98 Å². The van der Waals surface area contributed by atoms with Crippen LogP contribution in [0.1, 0.15) is 23.3 Å². The summed E-state index contributed by atoms with van der Waals surface area (Å²) in [5.41, 5.74) is 0.989. The molecule has 0 radical (unpaired) electrons. The Labute approximate surface area is 131 Å². The second-order valence-electron chi connectivity index (χ2n) is 5.44. The van der Waals surface area contributed by atoms with E-state index in [1.165, 1.54) is 20.7 Å². The summed E-state index contributed by atoms with van der Waals surface area (Å²) in [6.07, 6.45) is 4.76. The SMILES string of the molecule is CN(CCC#N)C(=O)Cn1cnc2sc3c(c2c1=O)CCC3. The summed E-state index contributed by atoms with van der Waals surface area (Å²) in [7, 11) is 1.64.